The van der Waals surface area contributed by atoms with Gasteiger partial charge in [-0.05, 0) is 84.6 Å². The van der Waals surface area contributed by atoms with Crippen LogP contribution in [0.4, 0.5) is 0 Å². The van der Waals surface area contributed by atoms with Crippen molar-refractivity contribution in [2.45, 2.75) is 66.3 Å². The summed E-state index contributed by atoms with van der Waals surface area (Å²) in [6, 6.07) is 0.609. The van der Waals surface area contributed by atoms with E-state index in [-0.39, 0.29) is 0 Å². The Bertz CT molecular complexity index is 521. The highest BCUT2D eigenvalue weighted by Crippen LogP contribution is 2.25. The molecule has 5 nitrogen and oxygen atoms in total. The molecule has 0 unspecified atom stereocenters. The second-order valence-electron chi connectivity index (χ2n) is 9.23. The molecule has 0 amide bonds. The van der Waals surface area contributed by atoms with Crippen molar-refractivity contribution in [1.82, 2.24) is 14.7 Å². The summed E-state index contributed by atoms with van der Waals surface area (Å²) in [5, 5.41) is 0. The van der Waals surface area contributed by atoms with Gasteiger partial charge in [0.25, 0.3) is 0 Å². The van der Waals surface area contributed by atoms with Gasteiger partial charge in [-0.3, -0.25) is 4.90 Å². The van der Waals surface area contributed by atoms with E-state index in [4.69, 9.17) is 4.99 Å². The van der Waals surface area contributed by atoms with Gasteiger partial charge in [-0.25, -0.2) is 9.98 Å². The minimum atomic E-state index is 0.609. The van der Waals surface area contributed by atoms with Gasteiger partial charge in [0.05, 0.1) is 0 Å². The molecule has 0 aromatic heterocycles. The summed E-state index contributed by atoms with van der Waals surface area (Å²) in [5.41, 5.74) is 1.39. The van der Waals surface area contributed by atoms with Crippen LogP contribution in [-0.2, 0) is 0 Å². The molecule has 2 aliphatic heterocycles. The van der Waals surface area contributed by atoms with Crippen molar-refractivity contribution in [3.63, 3.8) is 0 Å². The van der Waals surface area contributed by atoms with Crippen LogP contribution in [0.1, 0.15) is 60.3 Å². The molecule has 2 saturated heterocycles. The predicted molar refractivity (Wildman–Crippen MR) is 122 cm³/mol. The largest absolute Gasteiger partial charge is 0.338 e. The maximum Gasteiger partial charge on any atom is 0.224 e. The molecule has 2 fully saturated rings. The number of aliphatic imine (C=N–C) groups is 2. The zero-order valence-corrected chi connectivity index (χ0v) is 19.0. The van der Waals surface area contributed by atoms with E-state index in [1.54, 1.807) is 0 Å². The Morgan fingerprint density at radius 2 is 1.68 bits per heavy atom. The van der Waals surface area contributed by atoms with Crippen LogP contribution in [0.2, 0.25) is 0 Å². The Hall–Kier alpha value is -1.20. The molecule has 0 aromatic carbocycles. The maximum atomic E-state index is 4.72. The fraction of sp³-hybridized carbons (Fsp3) is 0.826. The third-order valence-corrected chi connectivity index (χ3v) is 6.34. The first-order valence-electron chi connectivity index (χ1n) is 11.3. The molecule has 0 aromatic rings. The van der Waals surface area contributed by atoms with Gasteiger partial charge < -0.3 is 9.80 Å². The molecule has 0 spiro atoms. The minimum Gasteiger partial charge on any atom is -0.338 e. The van der Waals surface area contributed by atoms with Crippen LogP contribution in [0.3, 0.4) is 0 Å². The van der Waals surface area contributed by atoms with E-state index in [2.05, 4.69) is 67.2 Å². The highest BCUT2D eigenvalue weighted by molar-refractivity contribution is 5.84. The van der Waals surface area contributed by atoms with E-state index in [0.29, 0.717) is 12.0 Å². The zero-order valence-electron chi connectivity index (χ0n) is 19.0. The van der Waals surface area contributed by atoms with Crippen LogP contribution in [0.25, 0.3) is 0 Å². The van der Waals surface area contributed by atoms with Gasteiger partial charge in [0.1, 0.15) is 0 Å². The Kier molecular flexibility index (Phi) is 9.66. The molecule has 2 heterocycles. The van der Waals surface area contributed by atoms with Crippen LogP contribution >= 0.6 is 0 Å². The van der Waals surface area contributed by atoms with Gasteiger partial charge in [-0.1, -0.05) is 19.4 Å². The van der Waals surface area contributed by atoms with Gasteiger partial charge in [0.2, 0.25) is 5.96 Å². The molecule has 0 aliphatic carbocycles. The standard InChI is InChI=1S/C23H43N5/c1-19(2)8-7-11-26-12-9-22(10-13-26)21(5)18-25-23(24-6)28-16-14-27(15-17-28)20(3)4/h18-20,22H,6-17H2,1-5H3/b21-18+,25-23?. The van der Waals surface area contributed by atoms with E-state index < -0.39 is 0 Å². The van der Waals surface area contributed by atoms with Crippen molar-refractivity contribution >= 4 is 12.7 Å². The van der Waals surface area contributed by atoms with Gasteiger partial charge in [-0.2, -0.15) is 0 Å². The molecule has 160 valence electrons. The third kappa shape index (κ3) is 7.32. The Morgan fingerprint density at radius 1 is 1.04 bits per heavy atom. The summed E-state index contributed by atoms with van der Waals surface area (Å²) < 4.78 is 0. The first-order valence-corrected chi connectivity index (χ1v) is 11.3. The summed E-state index contributed by atoms with van der Waals surface area (Å²) in [7, 11) is 0. The molecule has 28 heavy (non-hydrogen) atoms. The predicted octanol–water partition coefficient (Wildman–Crippen LogP) is 4.12. The topological polar surface area (TPSA) is 34.4 Å². The molecule has 0 radical (unpaired) electrons. The highest BCUT2D eigenvalue weighted by atomic mass is 15.3. The molecule has 0 saturated carbocycles. The van der Waals surface area contributed by atoms with Crippen molar-refractivity contribution in [3.8, 4) is 0 Å². The van der Waals surface area contributed by atoms with Crippen LogP contribution in [0, 0.1) is 11.8 Å². The number of nitrogens with zero attached hydrogens (tertiary/aromatic N) is 5. The quantitative estimate of drug-likeness (QED) is 0.485. The summed E-state index contributed by atoms with van der Waals surface area (Å²) in [4.78, 5) is 16.3. The van der Waals surface area contributed by atoms with Crippen molar-refractivity contribution in [2.75, 3.05) is 45.8 Å². The molecule has 2 rings (SSSR count). The van der Waals surface area contributed by atoms with Crippen molar-refractivity contribution in [1.29, 1.82) is 0 Å². The number of likely N-dealkylation sites (tertiary alicyclic amines) is 1. The molecule has 0 N–H and O–H groups in total. The number of allylic oxidation sites excluding steroid dienone is 1. The first kappa shape index (κ1) is 23.1. The number of guanidine groups is 1. The van der Waals surface area contributed by atoms with Gasteiger partial charge >= 0.3 is 0 Å². The summed E-state index contributed by atoms with van der Waals surface area (Å²) >= 11 is 0. The number of rotatable bonds is 7. The second-order valence-corrected chi connectivity index (χ2v) is 9.23. The lowest BCUT2D eigenvalue weighted by Gasteiger charge is -2.37. The van der Waals surface area contributed by atoms with Gasteiger partial charge in [-0.15, -0.1) is 0 Å². The van der Waals surface area contributed by atoms with E-state index in [0.717, 1.165) is 38.1 Å². The van der Waals surface area contributed by atoms with Crippen molar-refractivity contribution in [3.05, 3.63) is 11.8 Å². The summed E-state index contributed by atoms with van der Waals surface area (Å²) in [5.74, 6) is 2.27. The number of piperidine rings is 1. The molecular formula is C23H43N5. The average molecular weight is 390 g/mol. The third-order valence-electron chi connectivity index (χ3n) is 6.34. The summed E-state index contributed by atoms with van der Waals surface area (Å²) in [6.45, 7) is 23.0. The van der Waals surface area contributed by atoms with Gasteiger partial charge in [0, 0.05) is 38.4 Å². The molecule has 0 atom stereocenters. The van der Waals surface area contributed by atoms with Gasteiger partial charge in [0.15, 0.2) is 0 Å². The monoisotopic (exact) mass is 389 g/mol. The number of piperazine rings is 1. The minimum absolute atomic E-state index is 0.609. The highest BCUT2D eigenvalue weighted by Gasteiger charge is 2.22. The number of hydrogen-bond donors (Lipinski definition) is 0. The zero-order chi connectivity index (χ0) is 20.5. The molecule has 0 bridgehead atoms. The fourth-order valence-electron chi connectivity index (χ4n) is 4.26. The molecular weight excluding hydrogens is 346 g/mol. The van der Waals surface area contributed by atoms with Crippen molar-refractivity contribution in [2.24, 2.45) is 21.8 Å². The Balaban J connectivity index is 1.81. The Morgan fingerprint density at radius 3 is 2.21 bits per heavy atom. The molecule has 5 heteroatoms. The van der Waals surface area contributed by atoms with E-state index in [1.807, 2.05) is 0 Å². The Labute approximate surface area is 173 Å². The van der Waals surface area contributed by atoms with E-state index in [9.17, 15) is 0 Å². The SMILES string of the molecule is C=NC(=N/C=C(\C)C1CCN(CCCC(C)C)CC1)N1CCN(C(C)C)CC1. The lowest BCUT2D eigenvalue weighted by atomic mass is 9.90. The summed E-state index contributed by atoms with van der Waals surface area (Å²) in [6.07, 6.45) is 7.24. The van der Waals surface area contributed by atoms with E-state index in [1.165, 1.54) is 50.9 Å². The maximum absolute atomic E-state index is 4.72. The lowest BCUT2D eigenvalue weighted by Crippen LogP contribution is -2.50. The van der Waals surface area contributed by atoms with Crippen LogP contribution < -0.4 is 0 Å². The first-order chi connectivity index (χ1) is 13.4. The second kappa shape index (κ2) is 11.7. The van der Waals surface area contributed by atoms with Crippen LogP contribution in [-0.4, -0.2) is 79.2 Å². The number of hydrogen-bond acceptors (Lipinski definition) is 3. The fourth-order valence-corrected chi connectivity index (χ4v) is 4.26. The lowest BCUT2D eigenvalue weighted by molar-refractivity contribution is 0.148. The van der Waals surface area contributed by atoms with Crippen LogP contribution in [0.15, 0.2) is 21.8 Å². The van der Waals surface area contributed by atoms with Crippen LogP contribution in [0.5, 0.6) is 0 Å². The molecule has 2 aliphatic rings. The van der Waals surface area contributed by atoms with Crippen molar-refractivity contribution < 1.29 is 0 Å². The van der Waals surface area contributed by atoms with E-state index >= 15 is 0 Å². The smallest absolute Gasteiger partial charge is 0.224 e. The normalized spacial score (nSPS) is 21.8. The average Bonchev–Trinajstić information content (AvgIpc) is 2.69.